The molecule has 1 N–H and O–H groups in total. The average molecular weight is 170 g/mol. The quantitative estimate of drug-likeness (QED) is 0.675. The van der Waals surface area contributed by atoms with Gasteiger partial charge in [-0.25, -0.2) is 0 Å². The molecule has 1 heterocycles. The van der Waals surface area contributed by atoms with E-state index in [0.717, 1.165) is 6.54 Å². The molecule has 0 aromatic carbocycles. The third-order valence-corrected chi connectivity index (χ3v) is 3.59. The predicted octanol–water partition coefficient (Wildman–Crippen LogP) is 1.47. The molecule has 2 heteroatoms. The number of hydrogen-bond acceptors (Lipinski definition) is 2. The highest BCUT2D eigenvalue weighted by atomic mass is 15.3. The molecule has 2 nitrogen and oxygen atoms in total. The van der Waals surface area contributed by atoms with Gasteiger partial charge < -0.3 is 5.32 Å². The Kier molecular flexibility index (Phi) is 3.13. The zero-order valence-electron chi connectivity index (χ0n) is 8.85. The van der Waals surface area contributed by atoms with E-state index in [9.17, 15) is 0 Å². The van der Waals surface area contributed by atoms with Gasteiger partial charge in [0.2, 0.25) is 0 Å². The maximum Gasteiger partial charge on any atom is 0.0329 e. The second-order valence-electron chi connectivity index (χ2n) is 3.97. The molecule has 1 saturated heterocycles. The van der Waals surface area contributed by atoms with E-state index in [0.29, 0.717) is 11.6 Å². The Morgan fingerprint density at radius 1 is 1.50 bits per heavy atom. The van der Waals surface area contributed by atoms with E-state index >= 15 is 0 Å². The molecule has 12 heavy (non-hydrogen) atoms. The first kappa shape index (κ1) is 10.0. The summed E-state index contributed by atoms with van der Waals surface area (Å²) in [4.78, 5) is 2.59. The van der Waals surface area contributed by atoms with Crippen LogP contribution in [0.4, 0.5) is 0 Å². The lowest BCUT2D eigenvalue weighted by molar-refractivity contribution is 0.0417. The fourth-order valence-electron chi connectivity index (χ4n) is 2.21. The summed E-state index contributed by atoms with van der Waals surface area (Å²) in [6.45, 7) is 12.7. The number of hydrogen-bond donors (Lipinski definition) is 1. The molecule has 2 unspecified atom stereocenters. The summed E-state index contributed by atoms with van der Waals surface area (Å²) in [5.41, 5.74) is 0.368. The minimum atomic E-state index is 0.368. The van der Waals surface area contributed by atoms with Crippen molar-refractivity contribution in [3.63, 3.8) is 0 Å². The molecular weight excluding hydrogens is 148 g/mol. The normalized spacial score (nSPS) is 38.5. The van der Waals surface area contributed by atoms with Gasteiger partial charge in [0.25, 0.3) is 0 Å². The fraction of sp³-hybridized carbons (Fsp3) is 1.00. The van der Waals surface area contributed by atoms with Crippen molar-refractivity contribution in [2.45, 2.75) is 45.7 Å². The number of nitrogens with one attached hydrogen (secondary N) is 1. The van der Waals surface area contributed by atoms with Gasteiger partial charge in [-0.15, -0.1) is 0 Å². The predicted molar refractivity (Wildman–Crippen MR) is 53.4 cm³/mol. The van der Waals surface area contributed by atoms with Crippen LogP contribution in [-0.2, 0) is 0 Å². The monoisotopic (exact) mass is 170 g/mol. The van der Waals surface area contributed by atoms with Crippen LogP contribution in [0, 0.1) is 0 Å². The van der Waals surface area contributed by atoms with Gasteiger partial charge in [-0.2, -0.15) is 0 Å². The summed E-state index contributed by atoms with van der Waals surface area (Å²) < 4.78 is 0. The van der Waals surface area contributed by atoms with E-state index in [2.05, 4.69) is 37.9 Å². The van der Waals surface area contributed by atoms with E-state index < -0.39 is 0 Å². The van der Waals surface area contributed by atoms with Gasteiger partial charge in [0.15, 0.2) is 0 Å². The van der Waals surface area contributed by atoms with E-state index in [1.54, 1.807) is 0 Å². The lowest BCUT2D eigenvalue weighted by atomic mass is 9.86. The Labute approximate surface area is 76.3 Å². The standard InChI is InChI=1S/C10H22N2/c1-5-10(4)9(3)11-7-8-12(10)6-2/h9,11H,5-8H2,1-4H3. The van der Waals surface area contributed by atoms with Gasteiger partial charge in [-0.05, 0) is 26.8 Å². The van der Waals surface area contributed by atoms with Gasteiger partial charge in [0.1, 0.15) is 0 Å². The number of nitrogens with zero attached hydrogens (tertiary/aromatic N) is 1. The molecule has 2 atom stereocenters. The molecule has 1 fully saturated rings. The molecule has 0 spiro atoms. The minimum absolute atomic E-state index is 0.368. The first-order valence-corrected chi connectivity index (χ1v) is 5.13. The van der Waals surface area contributed by atoms with E-state index in [1.165, 1.54) is 19.5 Å². The Morgan fingerprint density at radius 2 is 2.17 bits per heavy atom. The van der Waals surface area contributed by atoms with Crippen molar-refractivity contribution in [1.29, 1.82) is 0 Å². The first-order chi connectivity index (χ1) is 5.65. The molecule has 0 saturated carbocycles. The van der Waals surface area contributed by atoms with Crippen LogP contribution in [0.15, 0.2) is 0 Å². The summed E-state index contributed by atoms with van der Waals surface area (Å²) in [5, 5.41) is 3.55. The van der Waals surface area contributed by atoms with Gasteiger partial charge in [0.05, 0.1) is 0 Å². The zero-order chi connectivity index (χ0) is 9.19. The molecular formula is C10H22N2. The van der Waals surface area contributed by atoms with Crippen molar-refractivity contribution in [3.05, 3.63) is 0 Å². The van der Waals surface area contributed by atoms with Crippen molar-refractivity contribution in [3.8, 4) is 0 Å². The van der Waals surface area contributed by atoms with E-state index in [1.807, 2.05) is 0 Å². The summed E-state index contributed by atoms with van der Waals surface area (Å²) in [6, 6.07) is 0.621. The van der Waals surface area contributed by atoms with Crippen LogP contribution in [0.5, 0.6) is 0 Å². The molecule has 0 bridgehead atoms. The largest absolute Gasteiger partial charge is 0.311 e. The molecule has 72 valence electrons. The summed E-state index contributed by atoms with van der Waals surface area (Å²) in [7, 11) is 0. The maximum atomic E-state index is 3.55. The highest BCUT2D eigenvalue weighted by Crippen LogP contribution is 2.25. The molecule has 1 aliphatic heterocycles. The van der Waals surface area contributed by atoms with Gasteiger partial charge >= 0.3 is 0 Å². The Morgan fingerprint density at radius 3 is 2.58 bits per heavy atom. The average Bonchev–Trinajstić information content (AvgIpc) is 2.10. The lowest BCUT2D eigenvalue weighted by Crippen LogP contribution is -2.64. The Bertz CT molecular complexity index is 147. The third kappa shape index (κ3) is 1.50. The van der Waals surface area contributed by atoms with Crippen molar-refractivity contribution in [1.82, 2.24) is 10.2 Å². The fourth-order valence-corrected chi connectivity index (χ4v) is 2.21. The van der Waals surface area contributed by atoms with Gasteiger partial charge in [-0.1, -0.05) is 13.8 Å². The zero-order valence-corrected chi connectivity index (χ0v) is 8.85. The first-order valence-electron chi connectivity index (χ1n) is 5.13. The minimum Gasteiger partial charge on any atom is -0.311 e. The molecule has 0 amide bonds. The number of piperazine rings is 1. The van der Waals surface area contributed by atoms with Gasteiger partial charge in [-0.3, -0.25) is 4.90 Å². The van der Waals surface area contributed by atoms with E-state index in [4.69, 9.17) is 0 Å². The van der Waals surface area contributed by atoms with Crippen molar-refractivity contribution < 1.29 is 0 Å². The Balaban J connectivity index is 2.72. The number of rotatable bonds is 2. The van der Waals surface area contributed by atoms with Crippen LogP contribution >= 0.6 is 0 Å². The Hall–Kier alpha value is -0.0800. The summed E-state index contributed by atoms with van der Waals surface area (Å²) in [6.07, 6.45) is 1.23. The molecule has 0 aliphatic carbocycles. The molecule has 1 rings (SSSR count). The van der Waals surface area contributed by atoms with Gasteiger partial charge in [0, 0.05) is 24.7 Å². The molecule has 1 aliphatic rings. The topological polar surface area (TPSA) is 15.3 Å². The van der Waals surface area contributed by atoms with Crippen LogP contribution in [0.3, 0.4) is 0 Å². The van der Waals surface area contributed by atoms with Crippen LogP contribution in [0.1, 0.15) is 34.1 Å². The van der Waals surface area contributed by atoms with Crippen LogP contribution < -0.4 is 5.32 Å². The third-order valence-electron chi connectivity index (χ3n) is 3.59. The van der Waals surface area contributed by atoms with Crippen LogP contribution in [0.2, 0.25) is 0 Å². The molecule has 0 aromatic rings. The maximum absolute atomic E-state index is 3.55. The second-order valence-corrected chi connectivity index (χ2v) is 3.97. The van der Waals surface area contributed by atoms with Crippen LogP contribution in [-0.4, -0.2) is 36.1 Å². The van der Waals surface area contributed by atoms with Crippen LogP contribution in [0.25, 0.3) is 0 Å². The van der Waals surface area contributed by atoms with Crippen molar-refractivity contribution in [2.75, 3.05) is 19.6 Å². The van der Waals surface area contributed by atoms with Crippen molar-refractivity contribution in [2.24, 2.45) is 0 Å². The SMILES string of the molecule is CCN1CCNC(C)C1(C)CC. The molecule has 0 aromatic heterocycles. The number of likely N-dealkylation sites (N-methyl/N-ethyl adjacent to an activating group) is 1. The lowest BCUT2D eigenvalue weighted by Gasteiger charge is -2.49. The molecule has 0 radical (unpaired) electrons. The van der Waals surface area contributed by atoms with E-state index in [-0.39, 0.29) is 0 Å². The van der Waals surface area contributed by atoms with Crippen molar-refractivity contribution >= 4 is 0 Å². The highest BCUT2D eigenvalue weighted by molar-refractivity contribution is 4.97. The second kappa shape index (κ2) is 3.75. The smallest absolute Gasteiger partial charge is 0.0329 e. The summed E-state index contributed by atoms with van der Waals surface area (Å²) >= 11 is 0. The highest BCUT2D eigenvalue weighted by Gasteiger charge is 2.37. The summed E-state index contributed by atoms with van der Waals surface area (Å²) in [5.74, 6) is 0.